The summed E-state index contributed by atoms with van der Waals surface area (Å²) in [7, 11) is 3.95. The van der Waals surface area contributed by atoms with E-state index in [0.717, 1.165) is 11.4 Å². The fourth-order valence-electron chi connectivity index (χ4n) is 1.28. The predicted molar refractivity (Wildman–Crippen MR) is 62.6 cm³/mol. The van der Waals surface area contributed by atoms with E-state index in [-0.39, 0.29) is 0 Å². The van der Waals surface area contributed by atoms with E-state index < -0.39 is 0 Å². The highest BCUT2D eigenvalue weighted by Crippen LogP contribution is 2.16. The molecule has 1 aromatic rings. The second-order valence-corrected chi connectivity index (χ2v) is 4.48. The van der Waals surface area contributed by atoms with Crippen LogP contribution in [-0.2, 0) is 7.05 Å². The number of hydrogen-bond donors (Lipinski definition) is 1. The van der Waals surface area contributed by atoms with E-state index in [2.05, 4.69) is 23.4 Å². The van der Waals surface area contributed by atoms with Crippen molar-refractivity contribution in [1.29, 1.82) is 0 Å². The summed E-state index contributed by atoms with van der Waals surface area (Å²) in [6, 6.07) is 2.46. The standard InChI is InChI=1S/C10H19N3S/c1-4-7-14-8-10(11-2)9-5-6-13(3)12-9/h5-6,10-11H,4,7-8H2,1-3H3. The van der Waals surface area contributed by atoms with Crippen LogP contribution in [0.25, 0.3) is 0 Å². The van der Waals surface area contributed by atoms with Crippen LogP contribution in [0.2, 0.25) is 0 Å². The molecule has 1 rings (SSSR count). The number of thioether (sulfide) groups is 1. The molecule has 1 unspecified atom stereocenters. The van der Waals surface area contributed by atoms with Crippen molar-refractivity contribution in [1.82, 2.24) is 15.1 Å². The van der Waals surface area contributed by atoms with Crippen LogP contribution in [0.3, 0.4) is 0 Å². The molecule has 0 bridgehead atoms. The molecule has 0 radical (unpaired) electrons. The number of hydrogen-bond acceptors (Lipinski definition) is 3. The fourth-order valence-corrected chi connectivity index (χ4v) is 2.31. The maximum Gasteiger partial charge on any atom is 0.0802 e. The molecular formula is C10H19N3S. The minimum absolute atomic E-state index is 0.382. The lowest BCUT2D eigenvalue weighted by Gasteiger charge is -2.12. The average molecular weight is 213 g/mol. The van der Waals surface area contributed by atoms with E-state index in [9.17, 15) is 0 Å². The summed E-state index contributed by atoms with van der Waals surface area (Å²) in [6.07, 6.45) is 3.23. The Balaban J connectivity index is 2.45. The summed E-state index contributed by atoms with van der Waals surface area (Å²) in [4.78, 5) is 0. The summed E-state index contributed by atoms with van der Waals surface area (Å²) >= 11 is 1.98. The Morgan fingerprint density at radius 3 is 2.93 bits per heavy atom. The summed E-state index contributed by atoms with van der Waals surface area (Å²) in [5, 5.41) is 7.70. The molecule has 0 saturated heterocycles. The predicted octanol–water partition coefficient (Wildman–Crippen LogP) is 1.82. The molecule has 0 aliphatic heterocycles. The molecule has 1 atom stereocenters. The van der Waals surface area contributed by atoms with Gasteiger partial charge in [-0.1, -0.05) is 6.92 Å². The number of aryl methyl sites for hydroxylation is 1. The van der Waals surface area contributed by atoms with Crippen molar-refractivity contribution in [3.8, 4) is 0 Å². The first kappa shape index (κ1) is 11.6. The van der Waals surface area contributed by atoms with Gasteiger partial charge >= 0.3 is 0 Å². The zero-order chi connectivity index (χ0) is 10.4. The third-order valence-electron chi connectivity index (χ3n) is 2.07. The molecule has 4 heteroatoms. The van der Waals surface area contributed by atoms with Gasteiger partial charge in [0.25, 0.3) is 0 Å². The van der Waals surface area contributed by atoms with Crippen molar-refractivity contribution in [2.75, 3.05) is 18.6 Å². The Labute approximate surface area is 90.3 Å². The lowest BCUT2D eigenvalue weighted by atomic mass is 10.2. The van der Waals surface area contributed by atoms with Crippen molar-refractivity contribution in [2.24, 2.45) is 7.05 Å². The summed E-state index contributed by atoms with van der Waals surface area (Å²) in [5.74, 6) is 2.33. The lowest BCUT2D eigenvalue weighted by molar-refractivity contribution is 0.619. The molecule has 0 saturated carbocycles. The maximum atomic E-state index is 4.40. The number of nitrogens with zero attached hydrogens (tertiary/aromatic N) is 2. The summed E-state index contributed by atoms with van der Waals surface area (Å²) < 4.78 is 1.85. The van der Waals surface area contributed by atoms with Gasteiger partial charge < -0.3 is 5.32 Å². The van der Waals surface area contributed by atoms with Crippen LogP contribution in [0, 0.1) is 0 Å². The van der Waals surface area contributed by atoms with E-state index in [0.29, 0.717) is 6.04 Å². The number of aromatic nitrogens is 2. The highest BCUT2D eigenvalue weighted by Gasteiger charge is 2.11. The third-order valence-corrected chi connectivity index (χ3v) is 3.34. The highest BCUT2D eigenvalue weighted by molar-refractivity contribution is 7.99. The van der Waals surface area contributed by atoms with Gasteiger partial charge in [0.05, 0.1) is 11.7 Å². The summed E-state index contributed by atoms with van der Waals surface area (Å²) in [6.45, 7) is 2.21. The van der Waals surface area contributed by atoms with Crippen LogP contribution in [0.5, 0.6) is 0 Å². The van der Waals surface area contributed by atoms with Crippen molar-refractivity contribution in [3.63, 3.8) is 0 Å². The van der Waals surface area contributed by atoms with Gasteiger partial charge in [-0.05, 0) is 25.3 Å². The topological polar surface area (TPSA) is 29.9 Å². The van der Waals surface area contributed by atoms with Crippen LogP contribution >= 0.6 is 11.8 Å². The molecule has 1 N–H and O–H groups in total. The van der Waals surface area contributed by atoms with Crippen LogP contribution in [-0.4, -0.2) is 28.3 Å². The van der Waals surface area contributed by atoms with Crippen LogP contribution in [0.1, 0.15) is 25.1 Å². The van der Waals surface area contributed by atoms with Gasteiger partial charge in [-0.15, -0.1) is 0 Å². The van der Waals surface area contributed by atoms with E-state index in [4.69, 9.17) is 0 Å². The Kier molecular flexibility index (Phi) is 5.04. The highest BCUT2D eigenvalue weighted by atomic mass is 32.2. The molecule has 0 aromatic carbocycles. The first-order chi connectivity index (χ1) is 6.77. The quantitative estimate of drug-likeness (QED) is 0.731. The molecule has 1 aromatic heterocycles. The van der Waals surface area contributed by atoms with Crippen LogP contribution in [0.15, 0.2) is 12.3 Å². The Morgan fingerprint density at radius 2 is 2.43 bits per heavy atom. The van der Waals surface area contributed by atoms with Gasteiger partial charge in [0.1, 0.15) is 0 Å². The molecule has 0 spiro atoms. The summed E-state index contributed by atoms with van der Waals surface area (Å²) in [5.41, 5.74) is 1.14. The van der Waals surface area contributed by atoms with Gasteiger partial charge in [0, 0.05) is 19.0 Å². The minimum atomic E-state index is 0.382. The molecule has 3 nitrogen and oxygen atoms in total. The fraction of sp³-hybridized carbons (Fsp3) is 0.700. The zero-order valence-corrected chi connectivity index (χ0v) is 9.97. The van der Waals surface area contributed by atoms with E-state index in [1.165, 1.54) is 12.2 Å². The van der Waals surface area contributed by atoms with Crippen LogP contribution in [0.4, 0.5) is 0 Å². The monoisotopic (exact) mass is 213 g/mol. The molecule has 80 valence electrons. The molecule has 0 amide bonds. The Morgan fingerprint density at radius 1 is 1.64 bits per heavy atom. The normalized spacial score (nSPS) is 13.1. The van der Waals surface area contributed by atoms with Crippen molar-refractivity contribution in [3.05, 3.63) is 18.0 Å². The second kappa shape index (κ2) is 6.09. The van der Waals surface area contributed by atoms with Gasteiger partial charge in [-0.25, -0.2) is 0 Å². The number of nitrogens with one attached hydrogen (secondary N) is 1. The smallest absolute Gasteiger partial charge is 0.0802 e. The Hall–Kier alpha value is -0.480. The van der Waals surface area contributed by atoms with E-state index >= 15 is 0 Å². The zero-order valence-electron chi connectivity index (χ0n) is 9.16. The Bertz CT molecular complexity index is 260. The SMILES string of the molecule is CCCSCC(NC)c1ccn(C)n1. The first-order valence-electron chi connectivity index (χ1n) is 5.02. The van der Waals surface area contributed by atoms with Gasteiger partial charge in [0.15, 0.2) is 0 Å². The van der Waals surface area contributed by atoms with Crippen molar-refractivity contribution < 1.29 is 0 Å². The molecule has 0 aliphatic rings. The van der Waals surface area contributed by atoms with E-state index in [1.807, 2.05) is 36.7 Å². The number of rotatable bonds is 6. The van der Waals surface area contributed by atoms with Gasteiger partial charge in [-0.3, -0.25) is 4.68 Å². The lowest BCUT2D eigenvalue weighted by Crippen LogP contribution is -2.19. The van der Waals surface area contributed by atoms with Gasteiger partial charge in [-0.2, -0.15) is 16.9 Å². The molecule has 0 fully saturated rings. The molecular weight excluding hydrogens is 194 g/mol. The third kappa shape index (κ3) is 3.35. The second-order valence-electron chi connectivity index (χ2n) is 3.33. The van der Waals surface area contributed by atoms with Crippen LogP contribution < -0.4 is 5.32 Å². The maximum absolute atomic E-state index is 4.40. The first-order valence-corrected chi connectivity index (χ1v) is 6.18. The van der Waals surface area contributed by atoms with E-state index in [1.54, 1.807) is 0 Å². The van der Waals surface area contributed by atoms with Crippen molar-refractivity contribution >= 4 is 11.8 Å². The molecule has 1 heterocycles. The van der Waals surface area contributed by atoms with Gasteiger partial charge in [0.2, 0.25) is 0 Å². The minimum Gasteiger partial charge on any atom is -0.311 e. The molecule has 0 aliphatic carbocycles. The van der Waals surface area contributed by atoms with Crippen molar-refractivity contribution in [2.45, 2.75) is 19.4 Å². The molecule has 14 heavy (non-hydrogen) atoms. The average Bonchev–Trinajstić information content (AvgIpc) is 2.60. The largest absolute Gasteiger partial charge is 0.311 e.